The number of hydrogen-bond donors (Lipinski definition) is 0. The van der Waals surface area contributed by atoms with E-state index in [-0.39, 0.29) is 0 Å². The van der Waals surface area contributed by atoms with Crippen LogP contribution in [0, 0.1) is 0 Å². The summed E-state index contributed by atoms with van der Waals surface area (Å²) in [6.07, 6.45) is 1.05. The number of nitrogens with zero attached hydrogens (tertiary/aromatic N) is 6. The van der Waals surface area contributed by atoms with Crippen LogP contribution in [0.4, 0.5) is 5.82 Å². The number of aromatic nitrogens is 5. The van der Waals surface area contributed by atoms with E-state index in [9.17, 15) is 0 Å². The zero-order valence-corrected chi connectivity index (χ0v) is 10.3. The van der Waals surface area contributed by atoms with Crippen molar-refractivity contribution in [3.8, 4) is 0 Å². The molecule has 1 aromatic carbocycles. The highest BCUT2D eigenvalue weighted by atomic mass is 15.6. The van der Waals surface area contributed by atoms with Gasteiger partial charge in [-0.15, -0.1) is 14.8 Å². The minimum absolute atomic E-state index is 0.668. The number of rotatable bonds is 1. The minimum atomic E-state index is 0.668. The van der Waals surface area contributed by atoms with Gasteiger partial charge in [-0.05, 0) is 40.1 Å². The van der Waals surface area contributed by atoms with E-state index < -0.39 is 0 Å². The largest absolute Gasteiger partial charge is 0.350 e. The van der Waals surface area contributed by atoms with E-state index >= 15 is 0 Å². The Morgan fingerprint density at radius 2 is 1.89 bits per heavy atom. The first-order valence-corrected chi connectivity index (χ1v) is 6.27. The van der Waals surface area contributed by atoms with Gasteiger partial charge in [0.2, 0.25) is 0 Å². The van der Waals surface area contributed by atoms with Crippen LogP contribution in [0.25, 0.3) is 5.65 Å². The van der Waals surface area contributed by atoms with E-state index in [1.807, 2.05) is 12.1 Å². The molecule has 0 saturated carbocycles. The second-order valence-electron chi connectivity index (χ2n) is 4.66. The van der Waals surface area contributed by atoms with E-state index in [1.165, 1.54) is 15.8 Å². The predicted octanol–water partition coefficient (Wildman–Crippen LogP) is 1.08. The molecular weight excluding hydrogens is 240 g/mol. The summed E-state index contributed by atoms with van der Waals surface area (Å²) in [5.74, 6) is 0.911. The Labute approximate surface area is 109 Å². The Hall–Kier alpha value is -2.50. The first-order valence-electron chi connectivity index (χ1n) is 6.27. The lowest BCUT2D eigenvalue weighted by molar-refractivity contribution is 0.679. The molecular formula is C13H12N6. The first kappa shape index (κ1) is 10.4. The summed E-state index contributed by atoms with van der Waals surface area (Å²) >= 11 is 0. The van der Waals surface area contributed by atoms with Crippen molar-refractivity contribution in [2.75, 3.05) is 11.4 Å². The highest BCUT2D eigenvalue weighted by Crippen LogP contribution is 2.22. The fourth-order valence-corrected chi connectivity index (χ4v) is 2.50. The lowest BCUT2D eigenvalue weighted by Crippen LogP contribution is -2.31. The van der Waals surface area contributed by atoms with Crippen molar-refractivity contribution in [1.29, 1.82) is 0 Å². The summed E-state index contributed by atoms with van der Waals surface area (Å²) in [6.45, 7) is 1.86. The third-order valence-corrected chi connectivity index (χ3v) is 3.51. The van der Waals surface area contributed by atoms with Crippen LogP contribution >= 0.6 is 0 Å². The summed E-state index contributed by atoms with van der Waals surface area (Å²) in [5.41, 5.74) is 3.47. The maximum Gasteiger partial charge on any atom is 0.200 e. The Bertz CT molecular complexity index is 735. The van der Waals surface area contributed by atoms with Crippen molar-refractivity contribution in [2.45, 2.75) is 13.0 Å². The van der Waals surface area contributed by atoms with Crippen molar-refractivity contribution in [3.05, 3.63) is 47.5 Å². The molecule has 0 spiro atoms. The monoisotopic (exact) mass is 252 g/mol. The molecule has 1 aliphatic rings. The van der Waals surface area contributed by atoms with E-state index in [0.29, 0.717) is 5.65 Å². The number of fused-ring (bicyclic) bond motifs is 2. The van der Waals surface area contributed by atoms with Gasteiger partial charge < -0.3 is 4.90 Å². The molecule has 3 heterocycles. The van der Waals surface area contributed by atoms with E-state index in [2.05, 4.69) is 49.8 Å². The van der Waals surface area contributed by atoms with Gasteiger partial charge in [-0.3, -0.25) is 0 Å². The molecule has 0 unspecified atom stereocenters. The van der Waals surface area contributed by atoms with Gasteiger partial charge in [-0.1, -0.05) is 24.3 Å². The van der Waals surface area contributed by atoms with Crippen molar-refractivity contribution in [1.82, 2.24) is 25.3 Å². The molecule has 0 amide bonds. The highest BCUT2D eigenvalue weighted by molar-refractivity contribution is 5.47. The van der Waals surface area contributed by atoms with Gasteiger partial charge in [0.25, 0.3) is 0 Å². The Morgan fingerprint density at radius 3 is 2.84 bits per heavy atom. The highest BCUT2D eigenvalue weighted by Gasteiger charge is 2.17. The Morgan fingerprint density at radius 1 is 1.00 bits per heavy atom. The third-order valence-electron chi connectivity index (χ3n) is 3.51. The molecule has 6 heteroatoms. The van der Waals surface area contributed by atoms with Crippen LogP contribution in [0.15, 0.2) is 36.4 Å². The van der Waals surface area contributed by atoms with Gasteiger partial charge in [0, 0.05) is 13.1 Å². The van der Waals surface area contributed by atoms with Gasteiger partial charge in [0.1, 0.15) is 0 Å². The quantitative estimate of drug-likeness (QED) is 0.648. The molecule has 0 bridgehead atoms. The maximum atomic E-state index is 4.44. The molecule has 0 fully saturated rings. The Kier molecular flexibility index (Phi) is 2.20. The summed E-state index contributed by atoms with van der Waals surface area (Å²) < 4.78 is 1.47. The van der Waals surface area contributed by atoms with Crippen molar-refractivity contribution in [3.63, 3.8) is 0 Å². The second-order valence-corrected chi connectivity index (χ2v) is 4.66. The van der Waals surface area contributed by atoms with Gasteiger partial charge in [0.15, 0.2) is 11.5 Å². The first-order chi connectivity index (χ1) is 9.40. The number of tetrazole rings is 1. The van der Waals surface area contributed by atoms with Crippen LogP contribution in [-0.4, -0.2) is 31.8 Å². The Balaban J connectivity index is 1.70. The lowest BCUT2D eigenvalue weighted by atomic mass is 10.00. The second kappa shape index (κ2) is 4.01. The molecule has 2 aromatic heterocycles. The van der Waals surface area contributed by atoms with Crippen LogP contribution in [0.5, 0.6) is 0 Å². The smallest absolute Gasteiger partial charge is 0.200 e. The molecule has 0 aliphatic carbocycles. The van der Waals surface area contributed by atoms with Crippen molar-refractivity contribution >= 4 is 11.5 Å². The van der Waals surface area contributed by atoms with E-state index in [1.54, 1.807) is 0 Å². The number of benzene rings is 1. The standard InChI is InChI=1S/C13H12N6/c1-2-4-11-9-18(8-7-10(11)3-1)13-6-5-12-14-16-17-19(12)15-13/h1-6H,7-9H2. The lowest BCUT2D eigenvalue weighted by Gasteiger charge is -2.29. The van der Waals surface area contributed by atoms with Crippen LogP contribution in [0.3, 0.4) is 0 Å². The average molecular weight is 252 g/mol. The van der Waals surface area contributed by atoms with Gasteiger partial charge in [-0.2, -0.15) is 0 Å². The normalized spacial score (nSPS) is 14.6. The SMILES string of the molecule is c1ccc2c(c1)CCN(c1ccc3nnnn3n1)C2. The van der Waals surface area contributed by atoms with Crippen LogP contribution in [0.2, 0.25) is 0 Å². The summed E-state index contributed by atoms with van der Waals surface area (Å²) in [6, 6.07) is 12.4. The van der Waals surface area contributed by atoms with Crippen molar-refractivity contribution in [2.24, 2.45) is 0 Å². The molecule has 3 aromatic rings. The van der Waals surface area contributed by atoms with Gasteiger partial charge in [0.05, 0.1) is 0 Å². The molecule has 0 saturated heterocycles. The van der Waals surface area contributed by atoms with Crippen LogP contribution in [-0.2, 0) is 13.0 Å². The molecule has 1 aliphatic heterocycles. The maximum absolute atomic E-state index is 4.44. The number of anilines is 1. The van der Waals surface area contributed by atoms with Crippen LogP contribution < -0.4 is 4.90 Å². The zero-order valence-electron chi connectivity index (χ0n) is 10.3. The topological polar surface area (TPSA) is 59.2 Å². The molecule has 0 atom stereocenters. The fourth-order valence-electron chi connectivity index (χ4n) is 2.50. The average Bonchev–Trinajstić information content (AvgIpc) is 2.94. The molecule has 0 radical (unpaired) electrons. The molecule has 4 rings (SSSR count). The summed E-state index contributed by atoms with van der Waals surface area (Å²) in [5, 5.41) is 15.7. The summed E-state index contributed by atoms with van der Waals surface area (Å²) in [4.78, 5) is 2.25. The molecule has 19 heavy (non-hydrogen) atoms. The third kappa shape index (κ3) is 1.72. The fraction of sp³-hybridized carbons (Fsp3) is 0.231. The minimum Gasteiger partial charge on any atom is -0.350 e. The van der Waals surface area contributed by atoms with Crippen molar-refractivity contribution < 1.29 is 0 Å². The number of hydrogen-bond acceptors (Lipinski definition) is 5. The molecule has 94 valence electrons. The summed E-state index contributed by atoms with van der Waals surface area (Å²) in [7, 11) is 0. The van der Waals surface area contributed by atoms with E-state index in [4.69, 9.17) is 0 Å². The van der Waals surface area contributed by atoms with E-state index in [0.717, 1.165) is 25.3 Å². The molecule has 6 nitrogen and oxygen atoms in total. The van der Waals surface area contributed by atoms with Gasteiger partial charge in [-0.25, -0.2) is 0 Å². The van der Waals surface area contributed by atoms with Gasteiger partial charge >= 0.3 is 0 Å². The molecule has 0 N–H and O–H groups in total. The predicted molar refractivity (Wildman–Crippen MR) is 69.8 cm³/mol. The van der Waals surface area contributed by atoms with Crippen LogP contribution in [0.1, 0.15) is 11.1 Å². The zero-order chi connectivity index (χ0) is 12.7.